The Morgan fingerprint density at radius 2 is 1.80 bits per heavy atom. The van der Waals surface area contributed by atoms with Crippen molar-refractivity contribution in [2.75, 3.05) is 6.54 Å². The number of aryl methyl sites for hydroxylation is 3. The van der Waals surface area contributed by atoms with Crippen molar-refractivity contribution in [3.63, 3.8) is 0 Å². The van der Waals surface area contributed by atoms with Gasteiger partial charge in [-0.2, -0.15) is 0 Å². The van der Waals surface area contributed by atoms with Crippen molar-refractivity contribution in [3.8, 4) is 0 Å². The van der Waals surface area contributed by atoms with Gasteiger partial charge in [0.25, 0.3) is 5.91 Å². The first-order chi connectivity index (χ1) is 9.38. The van der Waals surface area contributed by atoms with E-state index in [1.54, 1.807) is 0 Å². The summed E-state index contributed by atoms with van der Waals surface area (Å²) in [4.78, 5) is 16.6. The summed E-state index contributed by atoms with van der Waals surface area (Å²) in [6, 6.07) is 3.89. The quantitative estimate of drug-likeness (QED) is 0.888. The van der Waals surface area contributed by atoms with Crippen molar-refractivity contribution in [3.05, 3.63) is 34.4 Å². The minimum absolute atomic E-state index is 0.0254. The van der Waals surface area contributed by atoms with Gasteiger partial charge >= 0.3 is 0 Å². The lowest BCUT2D eigenvalue weighted by Gasteiger charge is -2.15. The number of carbonyl (C=O) groups excluding carboxylic acids is 1. The third-order valence-corrected chi connectivity index (χ3v) is 3.43. The molecule has 0 aromatic heterocycles. The largest absolute Gasteiger partial charge is 0.340 e. The van der Waals surface area contributed by atoms with Crippen LogP contribution in [0.5, 0.6) is 0 Å². The average Bonchev–Trinajstić information content (AvgIpc) is 2.67. The molecule has 1 heterocycles. The van der Waals surface area contributed by atoms with Crippen molar-refractivity contribution < 1.29 is 4.79 Å². The summed E-state index contributed by atoms with van der Waals surface area (Å²) >= 11 is 0. The van der Waals surface area contributed by atoms with Crippen LogP contribution in [0.4, 0.5) is 0 Å². The van der Waals surface area contributed by atoms with Gasteiger partial charge in [0.1, 0.15) is 6.04 Å². The molecule has 0 aliphatic carbocycles. The molecule has 1 aromatic rings. The molecule has 108 valence electrons. The highest BCUT2D eigenvalue weighted by Crippen LogP contribution is 2.25. The number of benzene rings is 1. The van der Waals surface area contributed by atoms with E-state index in [-0.39, 0.29) is 11.9 Å². The van der Waals surface area contributed by atoms with Gasteiger partial charge in [0, 0.05) is 6.54 Å². The van der Waals surface area contributed by atoms with E-state index in [9.17, 15) is 4.79 Å². The van der Waals surface area contributed by atoms with E-state index in [1.165, 1.54) is 5.56 Å². The van der Waals surface area contributed by atoms with Crippen molar-refractivity contribution in [2.24, 2.45) is 10.9 Å². The summed E-state index contributed by atoms with van der Waals surface area (Å²) in [5, 5.41) is 6.03. The third kappa shape index (κ3) is 3.00. The van der Waals surface area contributed by atoms with E-state index in [0.29, 0.717) is 18.4 Å². The Morgan fingerprint density at radius 3 is 2.35 bits per heavy atom. The van der Waals surface area contributed by atoms with Crippen LogP contribution in [0.25, 0.3) is 0 Å². The van der Waals surface area contributed by atoms with Crippen LogP contribution in [-0.4, -0.2) is 18.4 Å². The topological polar surface area (TPSA) is 53.5 Å². The zero-order valence-corrected chi connectivity index (χ0v) is 12.9. The minimum atomic E-state index is -0.332. The van der Waals surface area contributed by atoms with Crippen LogP contribution in [-0.2, 0) is 4.79 Å². The first-order valence-corrected chi connectivity index (χ1v) is 7.08. The summed E-state index contributed by atoms with van der Waals surface area (Å²) in [7, 11) is 0. The van der Waals surface area contributed by atoms with Crippen molar-refractivity contribution in [1.29, 1.82) is 0 Å². The molecule has 2 rings (SSSR count). The Labute approximate surface area is 120 Å². The van der Waals surface area contributed by atoms with Crippen LogP contribution in [0, 0.1) is 26.7 Å². The van der Waals surface area contributed by atoms with Crippen molar-refractivity contribution in [1.82, 2.24) is 10.6 Å². The molecular formula is C16H23N3O. The lowest BCUT2D eigenvalue weighted by atomic mass is 9.94. The first kappa shape index (κ1) is 14.6. The molecule has 0 spiro atoms. The third-order valence-electron chi connectivity index (χ3n) is 3.43. The summed E-state index contributed by atoms with van der Waals surface area (Å²) in [5.74, 6) is 1.04. The molecule has 4 nitrogen and oxygen atoms in total. The Morgan fingerprint density at radius 1 is 1.20 bits per heavy atom. The van der Waals surface area contributed by atoms with Gasteiger partial charge in [0.15, 0.2) is 5.96 Å². The van der Waals surface area contributed by atoms with Gasteiger partial charge < -0.3 is 5.32 Å². The highest BCUT2D eigenvalue weighted by Gasteiger charge is 2.31. The number of amides is 1. The number of nitrogens with one attached hydrogen (secondary N) is 2. The summed E-state index contributed by atoms with van der Waals surface area (Å²) in [6.07, 6.45) is 0. The van der Waals surface area contributed by atoms with E-state index in [4.69, 9.17) is 0 Å². The first-order valence-electron chi connectivity index (χ1n) is 7.08. The van der Waals surface area contributed by atoms with E-state index in [2.05, 4.69) is 48.5 Å². The number of aliphatic imine (C=N–C) groups is 1. The van der Waals surface area contributed by atoms with Crippen LogP contribution in [0.3, 0.4) is 0 Å². The summed E-state index contributed by atoms with van der Waals surface area (Å²) in [6.45, 7) is 11.1. The lowest BCUT2D eigenvalue weighted by Crippen LogP contribution is -2.26. The fourth-order valence-corrected chi connectivity index (χ4v) is 2.64. The van der Waals surface area contributed by atoms with Crippen LogP contribution in [0.1, 0.15) is 42.1 Å². The molecule has 20 heavy (non-hydrogen) atoms. The maximum absolute atomic E-state index is 12.2. The minimum Gasteiger partial charge on any atom is -0.340 e. The molecule has 1 fully saturated rings. The molecule has 0 saturated carbocycles. The molecule has 1 amide bonds. The molecular weight excluding hydrogens is 250 g/mol. The van der Waals surface area contributed by atoms with Crippen molar-refractivity contribution in [2.45, 2.75) is 40.7 Å². The summed E-state index contributed by atoms with van der Waals surface area (Å²) < 4.78 is 0. The van der Waals surface area contributed by atoms with E-state index in [1.807, 2.05) is 13.8 Å². The fraction of sp³-hybridized carbons (Fsp3) is 0.500. The highest BCUT2D eigenvalue weighted by molar-refractivity contribution is 6.07. The second-order valence-corrected chi connectivity index (χ2v) is 5.96. The predicted octanol–water partition coefficient (Wildman–Crippen LogP) is 2.38. The van der Waals surface area contributed by atoms with Gasteiger partial charge in [0.05, 0.1) is 0 Å². The second kappa shape index (κ2) is 5.65. The lowest BCUT2D eigenvalue weighted by molar-refractivity contribution is -0.120. The molecule has 1 aromatic carbocycles. The summed E-state index contributed by atoms with van der Waals surface area (Å²) in [5.41, 5.74) is 4.55. The SMILES string of the molecule is Cc1cc(C)c(C2NC(=NCC(C)C)NC2=O)c(C)c1. The molecule has 1 unspecified atom stereocenters. The van der Waals surface area contributed by atoms with Gasteiger partial charge in [-0.25, -0.2) is 0 Å². The molecule has 1 aliphatic rings. The number of hydrogen-bond acceptors (Lipinski definition) is 2. The number of guanidine groups is 1. The standard InChI is InChI=1S/C16H23N3O/c1-9(2)8-17-16-18-14(15(20)19-16)13-11(4)6-10(3)7-12(13)5/h6-7,9,14H,8H2,1-5H3,(H2,17,18,19,20). The van der Waals surface area contributed by atoms with Crippen LogP contribution >= 0.6 is 0 Å². The number of rotatable bonds is 3. The Kier molecular flexibility index (Phi) is 4.12. The van der Waals surface area contributed by atoms with Gasteiger partial charge in [-0.05, 0) is 43.4 Å². The van der Waals surface area contributed by atoms with Crippen LogP contribution in [0.15, 0.2) is 17.1 Å². The highest BCUT2D eigenvalue weighted by atomic mass is 16.2. The van der Waals surface area contributed by atoms with Crippen LogP contribution in [0.2, 0.25) is 0 Å². The van der Waals surface area contributed by atoms with E-state index in [0.717, 1.165) is 16.7 Å². The predicted molar refractivity (Wildman–Crippen MR) is 81.8 cm³/mol. The van der Waals surface area contributed by atoms with Gasteiger partial charge in [0.2, 0.25) is 0 Å². The zero-order valence-electron chi connectivity index (χ0n) is 12.9. The molecule has 0 bridgehead atoms. The van der Waals surface area contributed by atoms with Crippen molar-refractivity contribution >= 4 is 11.9 Å². The Bertz CT molecular complexity index is 538. The fourth-order valence-electron chi connectivity index (χ4n) is 2.64. The molecule has 1 atom stereocenters. The van der Waals surface area contributed by atoms with Gasteiger partial charge in [-0.15, -0.1) is 0 Å². The Hall–Kier alpha value is -1.84. The molecule has 1 saturated heterocycles. The smallest absolute Gasteiger partial charge is 0.253 e. The maximum atomic E-state index is 12.2. The maximum Gasteiger partial charge on any atom is 0.253 e. The molecule has 4 heteroatoms. The monoisotopic (exact) mass is 273 g/mol. The van der Waals surface area contributed by atoms with E-state index < -0.39 is 0 Å². The van der Waals surface area contributed by atoms with Gasteiger partial charge in [-0.3, -0.25) is 15.1 Å². The molecule has 2 N–H and O–H groups in total. The number of carbonyl (C=O) groups is 1. The zero-order chi connectivity index (χ0) is 14.9. The number of hydrogen-bond donors (Lipinski definition) is 2. The Balaban J connectivity index is 2.27. The normalized spacial score (nSPS) is 20.4. The number of nitrogens with zero attached hydrogens (tertiary/aromatic N) is 1. The van der Waals surface area contributed by atoms with E-state index >= 15 is 0 Å². The average molecular weight is 273 g/mol. The van der Waals surface area contributed by atoms with Crippen LogP contribution < -0.4 is 10.6 Å². The van der Waals surface area contributed by atoms with Gasteiger partial charge in [-0.1, -0.05) is 31.5 Å². The second-order valence-electron chi connectivity index (χ2n) is 5.96. The molecule has 1 aliphatic heterocycles. The molecule has 0 radical (unpaired) electrons.